The number of fused-ring (bicyclic) bond motifs is 1. The molecule has 3 heterocycles. The van der Waals surface area contributed by atoms with Gasteiger partial charge in [0.05, 0.1) is 10.9 Å². The third-order valence-corrected chi connectivity index (χ3v) is 7.20. The molecule has 1 aromatic heterocycles. The molecule has 15 heteroatoms. The second-order valence-corrected chi connectivity index (χ2v) is 8.97. The van der Waals surface area contributed by atoms with E-state index >= 15 is 0 Å². The van der Waals surface area contributed by atoms with Gasteiger partial charge in [0.2, 0.25) is 5.91 Å². The van der Waals surface area contributed by atoms with Crippen molar-refractivity contribution in [2.24, 2.45) is 5.73 Å². The third-order valence-electron chi connectivity index (χ3n) is 3.78. The first-order chi connectivity index (χ1) is 12.5. The summed E-state index contributed by atoms with van der Waals surface area (Å²) in [5.74, 6) is 2.18. The molecule has 3 rings (SSSR count). The number of β-lactam (4-membered cyclic amide) rings is 1. The largest absolute Gasteiger partial charge is 0.476 e. The van der Waals surface area contributed by atoms with E-state index < -0.39 is 0 Å². The zero-order valence-corrected chi connectivity index (χ0v) is 27.0. The summed E-state index contributed by atoms with van der Waals surface area (Å²) in [6.45, 7) is 3.83. The second-order valence-electron chi connectivity index (χ2n) is 5.93. The molecule has 2 amide bonds. The molecule has 2 atom stereocenters. The number of allylic oxidation sites excluding steroid dienone is 1. The summed E-state index contributed by atoms with van der Waals surface area (Å²) in [6.07, 6.45) is 0. The molecule has 1 fully saturated rings. The first kappa shape index (κ1) is 30.9. The van der Waals surface area contributed by atoms with Crippen LogP contribution in [-0.4, -0.2) is 66.7 Å². The van der Waals surface area contributed by atoms with Gasteiger partial charge in [-0.15, -0.1) is 11.8 Å². The molecule has 151 valence electrons. The SMILES string of the molecule is CC1=C(CSc2nnn[n-]2)CSC2[C-](NC(=O)CSCC(C)N)C(=O)N12.[Y].[Y].[Y]. The van der Waals surface area contributed by atoms with Gasteiger partial charge in [0.25, 0.3) is 0 Å². The average Bonchev–Trinajstić information content (AvgIpc) is 3.11. The fourth-order valence-corrected chi connectivity index (χ4v) is 5.55. The molecule has 2 aliphatic heterocycles. The minimum atomic E-state index is -0.157. The molecular weight excluding hydrogens is 661 g/mol. The van der Waals surface area contributed by atoms with E-state index in [-0.39, 0.29) is 121 Å². The van der Waals surface area contributed by atoms with Gasteiger partial charge in [0.15, 0.2) is 0 Å². The normalized spacial score (nSPS) is 18.6. The Morgan fingerprint density at radius 2 is 2.21 bits per heavy atom. The molecule has 9 nitrogen and oxygen atoms in total. The molecule has 0 aliphatic carbocycles. The summed E-state index contributed by atoms with van der Waals surface area (Å²) in [5.41, 5.74) is 7.75. The van der Waals surface area contributed by atoms with Crippen molar-refractivity contribution in [1.29, 1.82) is 0 Å². The Balaban J connectivity index is 0.00000261. The van der Waals surface area contributed by atoms with Crippen molar-refractivity contribution >= 4 is 47.1 Å². The number of nitrogens with zero attached hydrogens (tertiary/aromatic N) is 5. The summed E-state index contributed by atoms with van der Waals surface area (Å²) in [5, 5.41) is 17.7. The molecular formula is C14H19N7O2S3Y3-2. The molecule has 29 heavy (non-hydrogen) atoms. The minimum Gasteiger partial charge on any atom is -0.476 e. The van der Waals surface area contributed by atoms with Crippen LogP contribution in [0.2, 0.25) is 0 Å². The van der Waals surface area contributed by atoms with Crippen molar-refractivity contribution in [3.05, 3.63) is 17.3 Å². The standard InChI is InChI=1S/C14H20N7O2S3.3Y/c1-7(15)3-24-6-10(22)16-11-12(23)21-8(2)9(4-25-13(11)21)5-26-14-17-19-20-18-14;;;/h7,13H,3-6,15H2,1-2H3,(H2,16,17,18,19,20,22);;;/q-1;;;/p-1. The van der Waals surface area contributed by atoms with Gasteiger partial charge in [-0.05, 0) is 24.8 Å². The quantitative estimate of drug-likeness (QED) is 0.217. The minimum absolute atomic E-state index is 0. The molecule has 0 bridgehead atoms. The Morgan fingerprint density at radius 3 is 2.83 bits per heavy atom. The van der Waals surface area contributed by atoms with Crippen LogP contribution in [0.25, 0.3) is 0 Å². The Bertz CT molecular complexity index is 709. The van der Waals surface area contributed by atoms with Crippen LogP contribution in [0.15, 0.2) is 16.4 Å². The maximum atomic E-state index is 12.5. The molecule has 3 radical (unpaired) electrons. The summed E-state index contributed by atoms with van der Waals surface area (Å²) < 4.78 is 0. The molecule has 0 aromatic carbocycles. The topological polar surface area (TPSA) is 128 Å². The number of amides is 2. The van der Waals surface area contributed by atoms with Gasteiger partial charge < -0.3 is 25.8 Å². The van der Waals surface area contributed by atoms with E-state index in [0.717, 1.165) is 17.0 Å². The van der Waals surface area contributed by atoms with Crippen LogP contribution in [0.5, 0.6) is 0 Å². The van der Waals surface area contributed by atoms with Crippen LogP contribution in [0.4, 0.5) is 0 Å². The molecule has 2 aliphatic rings. The monoisotopic (exact) mass is 680 g/mol. The van der Waals surface area contributed by atoms with Gasteiger partial charge >= 0.3 is 0 Å². The number of thioether (sulfide) groups is 3. The number of aromatic nitrogens is 4. The number of rotatable bonds is 8. The van der Waals surface area contributed by atoms with Gasteiger partial charge in [-0.25, -0.2) is 0 Å². The van der Waals surface area contributed by atoms with Gasteiger partial charge in [-0.1, -0.05) is 0 Å². The van der Waals surface area contributed by atoms with Crippen molar-refractivity contribution in [3.8, 4) is 0 Å². The van der Waals surface area contributed by atoms with Crippen molar-refractivity contribution < 1.29 is 108 Å². The van der Waals surface area contributed by atoms with Crippen molar-refractivity contribution in [1.82, 2.24) is 30.8 Å². The van der Waals surface area contributed by atoms with Gasteiger partial charge in [0, 0.05) is 127 Å². The summed E-state index contributed by atoms with van der Waals surface area (Å²) in [6, 6.07) is 0.518. The predicted molar refractivity (Wildman–Crippen MR) is 102 cm³/mol. The van der Waals surface area contributed by atoms with Crippen LogP contribution < -0.4 is 16.1 Å². The zero-order chi connectivity index (χ0) is 18.7. The molecule has 0 saturated carbocycles. The van der Waals surface area contributed by atoms with Crippen LogP contribution >= 0.6 is 35.3 Å². The molecule has 1 saturated heterocycles. The molecule has 2 unspecified atom stereocenters. The first-order valence-electron chi connectivity index (χ1n) is 7.92. The number of tetrazole rings is 1. The van der Waals surface area contributed by atoms with Gasteiger partial charge in [-0.2, -0.15) is 34.8 Å². The predicted octanol–water partition coefficient (Wildman–Crippen LogP) is -0.169. The van der Waals surface area contributed by atoms with E-state index in [1.165, 1.54) is 23.5 Å². The zero-order valence-electron chi connectivity index (χ0n) is 16.1. The van der Waals surface area contributed by atoms with Crippen molar-refractivity contribution in [2.45, 2.75) is 30.4 Å². The van der Waals surface area contributed by atoms with Crippen molar-refractivity contribution in [2.75, 3.05) is 23.0 Å². The van der Waals surface area contributed by atoms with Gasteiger partial charge in [-0.3, -0.25) is 15.1 Å². The van der Waals surface area contributed by atoms with Crippen LogP contribution in [0.1, 0.15) is 13.8 Å². The second kappa shape index (κ2) is 15.0. The number of hydrogen-bond acceptors (Lipinski definition) is 9. The summed E-state index contributed by atoms with van der Waals surface area (Å²) in [4.78, 5) is 26.2. The number of hydrogen-bond donors (Lipinski definition) is 2. The molecule has 1 aromatic rings. The fourth-order valence-electron chi connectivity index (χ4n) is 2.48. The van der Waals surface area contributed by atoms with E-state index in [4.69, 9.17) is 5.73 Å². The van der Waals surface area contributed by atoms with E-state index in [2.05, 4.69) is 25.9 Å². The fraction of sp³-hybridized carbons (Fsp3) is 0.571. The molecule has 0 spiro atoms. The first-order valence-corrected chi connectivity index (χ1v) is 11.1. The van der Waals surface area contributed by atoms with E-state index in [0.29, 0.717) is 28.5 Å². The van der Waals surface area contributed by atoms with Crippen molar-refractivity contribution in [3.63, 3.8) is 0 Å². The maximum Gasteiger partial charge on any atom is 0.204 e. The van der Waals surface area contributed by atoms with Crippen LogP contribution in [0, 0.1) is 6.04 Å². The Kier molecular flexibility index (Phi) is 16.0. The van der Waals surface area contributed by atoms with Crippen LogP contribution in [-0.2, 0) is 108 Å². The summed E-state index contributed by atoms with van der Waals surface area (Å²) in [7, 11) is 0. The van der Waals surface area contributed by atoms with E-state index in [1.54, 1.807) is 16.7 Å². The third kappa shape index (κ3) is 8.34. The number of nitrogens with two attached hydrogens (primary N) is 1. The average molecular weight is 680 g/mol. The Hall–Kier alpha value is 1.94. The smallest absolute Gasteiger partial charge is 0.204 e. The Morgan fingerprint density at radius 1 is 1.48 bits per heavy atom. The Labute approximate surface area is 258 Å². The number of carbonyl (C=O) groups is 2. The maximum absolute atomic E-state index is 12.5. The van der Waals surface area contributed by atoms with E-state index in [1.807, 2.05) is 13.8 Å². The van der Waals surface area contributed by atoms with Gasteiger partial charge in [0.1, 0.15) is 5.91 Å². The number of nitrogens with one attached hydrogen (secondary N) is 1. The van der Waals surface area contributed by atoms with E-state index in [9.17, 15) is 9.59 Å². The summed E-state index contributed by atoms with van der Waals surface area (Å²) >= 11 is 4.54. The number of carbonyl (C=O) groups excluding carboxylic acids is 2. The molecule has 3 N–H and O–H groups in total. The van der Waals surface area contributed by atoms with Crippen LogP contribution in [0.3, 0.4) is 0 Å².